The molecule has 1 aromatic carbocycles. The largest absolute Gasteiger partial charge is 0.465 e. The van der Waals surface area contributed by atoms with Crippen molar-refractivity contribution in [3.63, 3.8) is 0 Å². The van der Waals surface area contributed by atoms with Gasteiger partial charge in [-0.15, -0.1) is 0 Å². The molecule has 0 fully saturated rings. The Hall–Kier alpha value is -1.00. The van der Waals surface area contributed by atoms with E-state index in [0.717, 1.165) is 13.1 Å². The molecule has 17 heavy (non-hydrogen) atoms. The van der Waals surface area contributed by atoms with Crippen LogP contribution in [0.3, 0.4) is 0 Å². The summed E-state index contributed by atoms with van der Waals surface area (Å²) in [6, 6.07) is 7.48. The van der Waals surface area contributed by atoms with Crippen LogP contribution < -0.4 is 5.32 Å². The monoisotopic (exact) mass is 253 g/mol. The highest BCUT2D eigenvalue weighted by Gasteiger charge is 2.04. The normalized spacial score (nSPS) is 12.2. The average Bonchev–Trinajstić information content (AvgIpc) is 2.38. The van der Waals surface area contributed by atoms with Crippen LogP contribution in [0.4, 0.5) is 0 Å². The van der Waals surface area contributed by atoms with Gasteiger partial charge in [0.25, 0.3) is 0 Å². The molecule has 0 saturated heterocycles. The van der Waals surface area contributed by atoms with Crippen LogP contribution in [0.25, 0.3) is 0 Å². The van der Waals surface area contributed by atoms with E-state index in [4.69, 9.17) is 0 Å². The van der Waals surface area contributed by atoms with Gasteiger partial charge in [0.1, 0.15) is 0 Å². The molecule has 0 aliphatic rings. The van der Waals surface area contributed by atoms with Gasteiger partial charge in [0.05, 0.1) is 12.7 Å². The molecule has 0 aromatic heterocycles. The maximum atomic E-state index is 11.2. The second kappa shape index (κ2) is 7.35. The fraction of sp³-hybridized carbons (Fsp3) is 0.462. The van der Waals surface area contributed by atoms with Gasteiger partial charge in [0.15, 0.2) is 0 Å². The van der Waals surface area contributed by atoms with E-state index >= 15 is 0 Å². The Morgan fingerprint density at radius 2 is 2.06 bits per heavy atom. The Morgan fingerprint density at radius 1 is 1.41 bits per heavy atom. The van der Waals surface area contributed by atoms with Crippen molar-refractivity contribution in [2.75, 3.05) is 19.9 Å². The minimum absolute atomic E-state index is 0.291. The molecule has 0 aliphatic heterocycles. The van der Waals surface area contributed by atoms with E-state index in [0.29, 0.717) is 10.8 Å². The fourth-order valence-corrected chi connectivity index (χ4v) is 1.66. The third-order valence-electron chi connectivity index (χ3n) is 2.54. The number of ether oxygens (including phenoxy) is 1. The minimum Gasteiger partial charge on any atom is -0.465 e. The lowest BCUT2D eigenvalue weighted by molar-refractivity contribution is 0.0600. The van der Waals surface area contributed by atoms with Crippen molar-refractivity contribution in [1.29, 1.82) is 0 Å². The number of esters is 1. The second-order valence-electron chi connectivity index (χ2n) is 3.87. The lowest BCUT2D eigenvalue weighted by Gasteiger charge is -2.09. The molecule has 0 bridgehead atoms. The third kappa shape index (κ3) is 4.79. The van der Waals surface area contributed by atoms with E-state index < -0.39 is 0 Å². The molecule has 0 heterocycles. The Morgan fingerprint density at radius 3 is 2.59 bits per heavy atom. The average molecular weight is 253 g/mol. The van der Waals surface area contributed by atoms with Crippen molar-refractivity contribution in [2.45, 2.75) is 18.7 Å². The number of hydrogen-bond acceptors (Lipinski definition) is 4. The van der Waals surface area contributed by atoms with Crippen LogP contribution in [0.5, 0.6) is 0 Å². The van der Waals surface area contributed by atoms with Crippen LogP contribution in [0, 0.1) is 0 Å². The molecule has 1 N–H and O–H groups in total. The number of carbonyl (C=O) groups is 1. The molecule has 0 radical (unpaired) electrons. The van der Waals surface area contributed by atoms with Crippen molar-refractivity contribution >= 4 is 17.7 Å². The van der Waals surface area contributed by atoms with Crippen molar-refractivity contribution < 1.29 is 9.53 Å². The number of nitrogens with one attached hydrogen (secondary N) is 1. The Balaban J connectivity index is 2.43. The van der Waals surface area contributed by atoms with Crippen LogP contribution in [-0.2, 0) is 11.3 Å². The summed E-state index contributed by atoms with van der Waals surface area (Å²) in [5.74, 6) is -0.291. The number of methoxy groups -OCH3 is 1. The molecular formula is C13H19NO2S. The Bertz CT molecular complexity index is 351. The highest BCUT2D eigenvalue weighted by Crippen LogP contribution is 2.07. The van der Waals surface area contributed by atoms with Gasteiger partial charge in [0.2, 0.25) is 0 Å². The molecule has 3 nitrogen and oxygen atoms in total. The molecule has 0 spiro atoms. The molecule has 0 saturated carbocycles. The van der Waals surface area contributed by atoms with E-state index in [-0.39, 0.29) is 5.97 Å². The van der Waals surface area contributed by atoms with Gasteiger partial charge in [0, 0.05) is 18.3 Å². The zero-order valence-corrected chi connectivity index (χ0v) is 11.3. The molecular weight excluding hydrogens is 234 g/mol. The number of thioether (sulfide) groups is 1. The van der Waals surface area contributed by atoms with E-state index in [1.165, 1.54) is 12.7 Å². The molecule has 0 aliphatic carbocycles. The molecule has 0 amide bonds. The number of carbonyl (C=O) groups excluding carboxylic acids is 1. The molecule has 1 aromatic rings. The zero-order valence-electron chi connectivity index (χ0n) is 10.5. The van der Waals surface area contributed by atoms with E-state index in [2.05, 4.69) is 23.2 Å². The summed E-state index contributed by atoms with van der Waals surface area (Å²) in [6.07, 6.45) is 2.11. The Kier molecular flexibility index (Phi) is 6.08. The maximum Gasteiger partial charge on any atom is 0.337 e. The van der Waals surface area contributed by atoms with Gasteiger partial charge >= 0.3 is 5.97 Å². The van der Waals surface area contributed by atoms with E-state index in [9.17, 15) is 4.79 Å². The predicted molar refractivity (Wildman–Crippen MR) is 72.5 cm³/mol. The number of hydrogen-bond donors (Lipinski definition) is 1. The first-order valence-corrected chi connectivity index (χ1v) is 6.87. The molecule has 1 unspecified atom stereocenters. The Labute approximate surface area is 107 Å². The summed E-state index contributed by atoms with van der Waals surface area (Å²) >= 11 is 1.85. The van der Waals surface area contributed by atoms with Gasteiger partial charge in [-0.25, -0.2) is 4.79 Å². The van der Waals surface area contributed by atoms with Gasteiger partial charge in [-0.3, -0.25) is 0 Å². The minimum atomic E-state index is -0.291. The standard InChI is InChI=1S/C13H19NO2S/c1-10(17-3)8-14-9-11-4-6-12(7-5-11)13(15)16-2/h4-7,10,14H,8-9H2,1-3H3. The first kappa shape index (κ1) is 14.1. The predicted octanol–water partition coefficient (Wildman–Crippen LogP) is 2.31. The zero-order chi connectivity index (χ0) is 12.7. The van der Waals surface area contributed by atoms with Crippen molar-refractivity contribution in [3.05, 3.63) is 35.4 Å². The van der Waals surface area contributed by atoms with Crippen molar-refractivity contribution in [2.24, 2.45) is 0 Å². The highest BCUT2D eigenvalue weighted by molar-refractivity contribution is 7.99. The molecule has 4 heteroatoms. The van der Waals surface area contributed by atoms with Crippen LogP contribution in [0.2, 0.25) is 0 Å². The van der Waals surface area contributed by atoms with Gasteiger partial charge in [-0.05, 0) is 24.0 Å². The number of rotatable bonds is 6. The second-order valence-corrected chi connectivity index (χ2v) is 5.14. The van der Waals surface area contributed by atoms with Gasteiger partial charge in [-0.2, -0.15) is 11.8 Å². The summed E-state index contributed by atoms with van der Waals surface area (Å²) in [6.45, 7) is 4.00. The van der Waals surface area contributed by atoms with Crippen molar-refractivity contribution in [1.82, 2.24) is 5.32 Å². The first-order valence-electron chi connectivity index (χ1n) is 5.58. The molecule has 94 valence electrons. The smallest absolute Gasteiger partial charge is 0.337 e. The number of benzene rings is 1. The van der Waals surface area contributed by atoms with Gasteiger partial charge in [-0.1, -0.05) is 19.1 Å². The fourth-order valence-electron chi connectivity index (χ4n) is 1.38. The topological polar surface area (TPSA) is 38.3 Å². The van der Waals surface area contributed by atoms with Crippen LogP contribution in [0.15, 0.2) is 24.3 Å². The maximum absolute atomic E-state index is 11.2. The summed E-state index contributed by atoms with van der Waals surface area (Å²) in [7, 11) is 1.39. The molecule has 1 atom stereocenters. The van der Waals surface area contributed by atoms with Crippen LogP contribution in [-0.4, -0.2) is 31.1 Å². The first-order chi connectivity index (χ1) is 8.17. The third-order valence-corrected chi connectivity index (χ3v) is 3.51. The van der Waals surface area contributed by atoms with E-state index in [1.54, 1.807) is 12.1 Å². The summed E-state index contributed by atoms with van der Waals surface area (Å²) in [5.41, 5.74) is 1.76. The van der Waals surface area contributed by atoms with Crippen LogP contribution >= 0.6 is 11.8 Å². The highest BCUT2D eigenvalue weighted by atomic mass is 32.2. The van der Waals surface area contributed by atoms with Gasteiger partial charge < -0.3 is 10.1 Å². The lowest BCUT2D eigenvalue weighted by Crippen LogP contribution is -2.22. The SMILES string of the molecule is COC(=O)c1ccc(CNCC(C)SC)cc1. The van der Waals surface area contributed by atoms with Crippen LogP contribution in [0.1, 0.15) is 22.8 Å². The summed E-state index contributed by atoms with van der Waals surface area (Å²) < 4.78 is 4.65. The van der Waals surface area contributed by atoms with Crippen molar-refractivity contribution in [3.8, 4) is 0 Å². The summed E-state index contributed by atoms with van der Waals surface area (Å²) in [5, 5.41) is 3.99. The summed E-state index contributed by atoms with van der Waals surface area (Å²) in [4.78, 5) is 11.2. The lowest BCUT2D eigenvalue weighted by atomic mass is 10.1. The quantitative estimate of drug-likeness (QED) is 0.790. The van der Waals surface area contributed by atoms with E-state index in [1.807, 2.05) is 23.9 Å². The molecule has 1 rings (SSSR count).